The summed E-state index contributed by atoms with van der Waals surface area (Å²) in [5.74, 6) is 1.30. The Balaban J connectivity index is 1.34. The number of amides is 2. The molecule has 14 heteroatoms. The van der Waals surface area contributed by atoms with Crippen molar-refractivity contribution in [1.82, 2.24) is 14.3 Å². The van der Waals surface area contributed by atoms with E-state index in [9.17, 15) is 26.4 Å². The van der Waals surface area contributed by atoms with Gasteiger partial charge >= 0.3 is 12.2 Å². The molecule has 1 aliphatic heterocycles. The molecule has 3 aromatic rings. The number of ether oxygens (including phenoxy) is 1. The third kappa shape index (κ3) is 6.89. The molecule has 0 radical (unpaired) electrons. The van der Waals surface area contributed by atoms with Crippen LogP contribution in [0.2, 0.25) is 0 Å². The second-order valence-corrected chi connectivity index (χ2v) is 10.6. The predicted octanol–water partition coefficient (Wildman–Crippen LogP) is 4.32. The van der Waals surface area contributed by atoms with Gasteiger partial charge < -0.3 is 20.3 Å². The molecule has 0 bridgehead atoms. The lowest BCUT2D eigenvalue weighted by Crippen LogP contribution is -2.48. The van der Waals surface area contributed by atoms with Gasteiger partial charge in [-0.1, -0.05) is 6.07 Å². The maximum Gasteiger partial charge on any atom is 0.416 e. The number of hydrogen-bond acceptors (Lipinski definition) is 7. The summed E-state index contributed by atoms with van der Waals surface area (Å²) in [5.41, 5.74) is -0.354. The third-order valence-corrected chi connectivity index (χ3v) is 7.10. The number of aromatic nitrogens is 2. The van der Waals surface area contributed by atoms with Gasteiger partial charge in [-0.2, -0.15) is 17.5 Å². The fourth-order valence-corrected chi connectivity index (χ4v) is 4.66. The van der Waals surface area contributed by atoms with Crippen LogP contribution in [0.1, 0.15) is 11.1 Å². The Hall–Kier alpha value is -3.91. The zero-order chi connectivity index (χ0) is 27.5. The number of carbonyl (C=O) groups is 1. The zero-order valence-electron chi connectivity index (χ0n) is 20.5. The average molecular weight is 551 g/mol. The molecular formula is C24H25F3N6O4S. The normalized spacial score (nSPS) is 14.7. The van der Waals surface area contributed by atoms with Crippen LogP contribution in [0.4, 0.5) is 35.2 Å². The summed E-state index contributed by atoms with van der Waals surface area (Å²) < 4.78 is 69.9. The topological polar surface area (TPSA) is 117 Å². The highest BCUT2D eigenvalue weighted by molar-refractivity contribution is 7.88. The second-order valence-electron chi connectivity index (χ2n) is 8.60. The lowest BCUT2D eigenvalue weighted by molar-refractivity contribution is -0.138. The molecule has 1 fully saturated rings. The van der Waals surface area contributed by atoms with Gasteiger partial charge in [0.05, 0.1) is 11.8 Å². The Bertz CT molecular complexity index is 1410. The van der Waals surface area contributed by atoms with Crippen LogP contribution in [0.3, 0.4) is 0 Å². The number of hydrogen-bond donors (Lipinski definition) is 2. The van der Waals surface area contributed by atoms with Crippen LogP contribution in [0.25, 0.3) is 0 Å². The van der Waals surface area contributed by atoms with Crippen LogP contribution in [-0.2, 0) is 16.2 Å². The van der Waals surface area contributed by atoms with Gasteiger partial charge in [0.25, 0.3) is 0 Å². The molecule has 2 heterocycles. The van der Waals surface area contributed by atoms with Crippen molar-refractivity contribution in [2.75, 3.05) is 48.0 Å². The number of nitrogens with zero attached hydrogens (tertiary/aromatic N) is 4. The fraction of sp³-hybridized carbons (Fsp3) is 0.292. The highest BCUT2D eigenvalue weighted by Gasteiger charge is 2.32. The van der Waals surface area contributed by atoms with Crippen LogP contribution in [-0.4, -0.2) is 61.2 Å². The quantitative estimate of drug-likeness (QED) is 0.470. The summed E-state index contributed by atoms with van der Waals surface area (Å²) in [4.78, 5) is 22.6. The van der Waals surface area contributed by atoms with E-state index in [2.05, 4.69) is 20.6 Å². The number of rotatable bonds is 6. The van der Waals surface area contributed by atoms with Gasteiger partial charge in [-0.25, -0.2) is 23.2 Å². The summed E-state index contributed by atoms with van der Waals surface area (Å²) in [7, 11) is -3.24. The molecule has 0 unspecified atom stereocenters. The molecule has 10 nitrogen and oxygen atoms in total. The minimum absolute atomic E-state index is 0.0117. The van der Waals surface area contributed by atoms with Gasteiger partial charge in [-0.05, 0) is 48.9 Å². The van der Waals surface area contributed by atoms with Gasteiger partial charge in [0.2, 0.25) is 15.9 Å². The first-order chi connectivity index (χ1) is 17.9. The molecule has 0 aliphatic carbocycles. The molecule has 38 heavy (non-hydrogen) atoms. The molecule has 4 rings (SSSR count). The molecule has 202 valence electrons. The van der Waals surface area contributed by atoms with E-state index in [0.717, 1.165) is 6.07 Å². The maximum absolute atomic E-state index is 13.1. The Morgan fingerprint density at radius 3 is 2.21 bits per heavy atom. The van der Waals surface area contributed by atoms with Crippen LogP contribution in [0, 0.1) is 6.92 Å². The van der Waals surface area contributed by atoms with Gasteiger partial charge in [0.1, 0.15) is 17.9 Å². The maximum atomic E-state index is 13.1. The SMILES string of the molecule is Cc1ccc(NC(=O)Nc2ccc(Oc3cc(N4CCN(S(C)(=O)=O)CC4)ncn3)cc2)cc1C(F)(F)F. The van der Waals surface area contributed by atoms with Crippen LogP contribution < -0.4 is 20.3 Å². The summed E-state index contributed by atoms with van der Waals surface area (Å²) in [6.45, 7) is 3.02. The summed E-state index contributed by atoms with van der Waals surface area (Å²) >= 11 is 0. The number of nitrogens with one attached hydrogen (secondary N) is 2. The van der Waals surface area contributed by atoms with Gasteiger partial charge in [0.15, 0.2) is 0 Å². The average Bonchev–Trinajstić information content (AvgIpc) is 2.85. The Morgan fingerprint density at radius 2 is 1.58 bits per heavy atom. The van der Waals surface area contributed by atoms with Crippen LogP contribution in [0.5, 0.6) is 11.6 Å². The molecule has 1 aliphatic rings. The molecule has 1 aromatic heterocycles. The number of alkyl halides is 3. The Labute approximate surface area is 217 Å². The number of urea groups is 1. The Morgan fingerprint density at radius 1 is 0.947 bits per heavy atom. The highest BCUT2D eigenvalue weighted by atomic mass is 32.2. The van der Waals surface area contributed by atoms with E-state index in [1.54, 1.807) is 30.3 Å². The standard InChI is InChI=1S/C24H25F3N6O4S/c1-16-3-4-18(13-20(16)24(25,26)27)31-23(34)30-17-5-7-19(8-6-17)37-22-14-21(28-15-29-22)32-9-11-33(12-10-32)38(2,35)36/h3-8,13-15H,9-12H2,1-2H3,(H2,30,31,34). The molecule has 2 amide bonds. The van der Waals surface area contributed by atoms with E-state index in [-0.39, 0.29) is 17.1 Å². The van der Waals surface area contributed by atoms with E-state index in [1.807, 2.05) is 4.90 Å². The van der Waals surface area contributed by atoms with E-state index in [1.165, 1.54) is 35.9 Å². The van der Waals surface area contributed by atoms with E-state index in [4.69, 9.17) is 4.74 Å². The van der Waals surface area contributed by atoms with Gasteiger partial charge in [0, 0.05) is 43.6 Å². The van der Waals surface area contributed by atoms with Crippen LogP contribution in [0.15, 0.2) is 54.9 Å². The van der Waals surface area contributed by atoms with Crippen LogP contribution >= 0.6 is 0 Å². The molecule has 2 aromatic carbocycles. The first-order valence-corrected chi connectivity index (χ1v) is 13.3. The van der Waals surface area contributed by atoms with Gasteiger partial charge in [-0.15, -0.1) is 0 Å². The number of anilines is 3. The number of halogens is 3. The lowest BCUT2D eigenvalue weighted by atomic mass is 10.1. The monoisotopic (exact) mass is 550 g/mol. The predicted molar refractivity (Wildman–Crippen MR) is 136 cm³/mol. The summed E-state index contributed by atoms with van der Waals surface area (Å²) in [6.07, 6.45) is -1.99. The minimum Gasteiger partial charge on any atom is -0.439 e. The Kier molecular flexibility index (Phi) is 7.73. The number of aryl methyl sites for hydroxylation is 1. The molecule has 2 N–H and O–H groups in total. The number of benzene rings is 2. The first kappa shape index (κ1) is 27.1. The zero-order valence-corrected chi connectivity index (χ0v) is 21.3. The van der Waals surface area contributed by atoms with Crippen molar-refractivity contribution in [3.05, 3.63) is 66.0 Å². The third-order valence-electron chi connectivity index (χ3n) is 5.79. The van der Waals surface area contributed by atoms with E-state index < -0.39 is 27.8 Å². The number of sulfonamides is 1. The molecule has 1 saturated heterocycles. The highest BCUT2D eigenvalue weighted by Crippen LogP contribution is 2.33. The molecule has 0 saturated carbocycles. The van der Waals surface area contributed by atoms with Crippen molar-refractivity contribution in [1.29, 1.82) is 0 Å². The second kappa shape index (κ2) is 10.8. The van der Waals surface area contributed by atoms with Crippen molar-refractivity contribution < 1.29 is 31.1 Å². The summed E-state index contributed by atoms with van der Waals surface area (Å²) in [6, 6.07) is 10.8. The lowest BCUT2D eigenvalue weighted by Gasteiger charge is -2.33. The van der Waals surface area contributed by atoms with Crippen molar-refractivity contribution >= 4 is 33.2 Å². The van der Waals surface area contributed by atoms with Crippen molar-refractivity contribution in [2.45, 2.75) is 13.1 Å². The molecule has 0 spiro atoms. The van der Waals surface area contributed by atoms with Crippen molar-refractivity contribution in [3.63, 3.8) is 0 Å². The molecular weight excluding hydrogens is 525 g/mol. The smallest absolute Gasteiger partial charge is 0.416 e. The van der Waals surface area contributed by atoms with Gasteiger partial charge in [-0.3, -0.25) is 0 Å². The largest absolute Gasteiger partial charge is 0.439 e. The minimum atomic E-state index is -4.52. The van der Waals surface area contributed by atoms with E-state index in [0.29, 0.717) is 43.4 Å². The van der Waals surface area contributed by atoms with E-state index >= 15 is 0 Å². The fourth-order valence-electron chi connectivity index (χ4n) is 3.83. The number of carbonyl (C=O) groups excluding carboxylic acids is 1. The summed E-state index contributed by atoms with van der Waals surface area (Å²) in [5, 5.41) is 4.95. The number of piperazine rings is 1. The van der Waals surface area contributed by atoms with Crippen molar-refractivity contribution in [3.8, 4) is 11.6 Å². The van der Waals surface area contributed by atoms with Crippen molar-refractivity contribution in [2.24, 2.45) is 0 Å². The molecule has 0 atom stereocenters. The first-order valence-electron chi connectivity index (χ1n) is 11.4.